The molecule has 1 fully saturated rings. The maximum atomic E-state index is 13.1. The molecular formula is C22H21ClF3N5O2S. The van der Waals surface area contributed by atoms with Crippen LogP contribution in [0.4, 0.5) is 24.7 Å². The van der Waals surface area contributed by atoms with Crippen molar-refractivity contribution in [2.24, 2.45) is 0 Å². The summed E-state index contributed by atoms with van der Waals surface area (Å²) in [5.41, 5.74) is 0.0481. The molecule has 0 unspecified atom stereocenters. The number of nitrogens with one attached hydrogen (secondary N) is 1. The highest BCUT2D eigenvalue weighted by Crippen LogP contribution is 2.37. The Morgan fingerprint density at radius 1 is 1.03 bits per heavy atom. The predicted octanol–water partition coefficient (Wildman–Crippen LogP) is 4.84. The molecule has 12 heteroatoms. The molecule has 1 aliphatic rings. The van der Waals surface area contributed by atoms with Crippen LogP contribution in [-0.2, 0) is 6.18 Å². The third kappa shape index (κ3) is 4.90. The molecule has 3 aromatic rings. The van der Waals surface area contributed by atoms with Gasteiger partial charge in [-0.25, -0.2) is 9.97 Å². The number of hydrogen-bond acceptors (Lipinski definition) is 6. The summed E-state index contributed by atoms with van der Waals surface area (Å²) in [4.78, 5) is 12.8. The van der Waals surface area contributed by atoms with Gasteiger partial charge in [0.2, 0.25) is 0 Å². The molecule has 1 aromatic heterocycles. The molecule has 0 atom stereocenters. The SMILES string of the molecule is COc1cc2ncnc(N3CCN(C(=S)Nc4ccc(Cl)c(C(F)(F)F)c4)CC3)c2cc1OC. The van der Waals surface area contributed by atoms with Crippen LogP contribution in [-0.4, -0.2) is 60.4 Å². The van der Waals surface area contributed by atoms with Crippen LogP contribution in [0.1, 0.15) is 5.56 Å². The van der Waals surface area contributed by atoms with Crippen LogP contribution in [0.5, 0.6) is 11.5 Å². The van der Waals surface area contributed by atoms with Gasteiger partial charge in [-0.15, -0.1) is 0 Å². The number of aromatic nitrogens is 2. The maximum absolute atomic E-state index is 13.1. The highest BCUT2D eigenvalue weighted by atomic mass is 35.5. The number of thiocarbonyl (C=S) groups is 1. The van der Waals surface area contributed by atoms with E-state index in [1.54, 1.807) is 20.3 Å². The largest absolute Gasteiger partial charge is 0.493 e. The van der Waals surface area contributed by atoms with Crippen LogP contribution in [0.2, 0.25) is 5.02 Å². The Bertz CT molecular complexity index is 1220. The van der Waals surface area contributed by atoms with Crippen molar-refractivity contribution in [2.75, 3.05) is 50.6 Å². The van der Waals surface area contributed by atoms with Gasteiger partial charge in [0.1, 0.15) is 12.1 Å². The van der Waals surface area contributed by atoms with E-state index in [4.69, 9.17) is 33.3 Å². The van der Waals surface area contributed by atoms with Gasteiger partial charge in [0, 0.05) is 43.3 Å². The molecule has 2 aromatic carbocycles. The van der Waals surface area contributed by atoms with Gasteiger partial charge >= 0.3 is 6.18 Å². The minimum absolute atomic E-state index is 0.229. The van der Waals surface area contributed by atoms with E-state index in [0.717, 1.165) is 22.8 Å². The Morgan fingerprint density at radius 2 is 1.71 bits per heavy atom. The van der Waals surface area contributed by atoms with Gasteiger partial charge in [-0.3, -0.25) is 0 Å². The van der Waals surface area contributed by atoms with E-state index in [2.05, 4.69) is 20.2 Å². The van der Waals surface area contributed by atoms with Crippen LogP contribution in [0.3, 0.4) is 0 Å². The number of piperazine rings is 1. The molecule has 0 saturated carbocycles. The summed E-state index contributed by atoms with van der Waals surface area (Å²) < 4.78 is 50.2. The Labute approximate surface area is 204 Å². The maximum Gasteiger partial charge on any atom is 0.417 e. The average Bonchev–Trinajstić information content (AvgIpc) is 2.83. The van der Waals surface area contributed by atoms with Crippen molar-refractivity contribution in [2.45, 2.75) is 6.18 Å². The minimum atomic E-state index is -4.55. The van der Waals surface area contributed by atoms with Gasteiger partial charge in [0.25, 0.3) is 0 Å². The fourth-order valence-electron chi connectivity index (χ4n) is 3.77. The molecule has 1 N–H and O–H groups in total. The van der Waals surface area contributed by atoms with Crippen LogP contribution < -0.4 is 19.7 Å². The zero-order valence-corrected chi connectivity index (χ0v) is 19.9. The van der Waals surface area contributed by atoms with Crippen molar-refractivity contribution in [1.82, 2.24) is 14.9 Å². The molecule has 1 aliphatic heterocycles. The lowest BCUT2D eigenvalue weighted by Gasteiger charge is -2.37. The second-order valence-corrected chi connectivity index (χ2v) is 8.31. The molecule has 0 bridgehead atoms. The second-order valence-electron chi connectivity index (χ2n) is 7.52. The lowest BCUT2D eigenvalue weighted by molar-refractivity contribution is -0.137. The van der Waals surface area contributed by atoms with Gasteiger partial charge in [-0.05, 0) is 36.5 Å². The van der Waals surface area contributed by atoms with E-state index >= 15 is 0 Å². The molecule has 7 nitrogen and oxygen atoms in total. The monoisotopic (exact) mass is 511 g/mol. The minimum Gasteiger partial charge on any atom is -0.493 e. The first-order valence-electron chi connectivity index (χ1n) is 10.3. The Balaban J connectivity index is 1.47. The van der Waals surface area contributed by atoms with Crippen LogP contribution in [0.25, 0.3) is 10.9 Å². The molecule has 0 aliphatic carbocycles. The number of methoxy groups -OCH3 is 2. The zero-order chi connectivity index (χ0) is 24.5. The van der Waals surface area contributed by atoms with E-state index < -0.39 is 11.7 Å². The van der Waals surface area contributed by atoms with Crippen LogP contribution >= 0.6 is 23.8 Å². The molecule has 1 saturated heterocycles. The smallest absolute Gasteiger partial charge is 0.417 e. The van der Waals surface area contributed by atoms with Gasteiger partial charge in [-0.1, -0.05) is 11.6 Å². The highest BCUT2D eigenvalue weighted by Gasteiger charge is 2.33. The normalized spacial score (nSPS) is 14.3. The molecule has 0 amide bonds. The lowest BCUT2D eigenvalue weighted by Crippen LogP contribution is -2.50. The van der Waals surface area contributed by atoms with Crippen molar-refractivity contribution in [3.63, 3.8) is 0 Å². The molecule has 0 spiro atoms. The number of halogens is 4. The van der Waals surface area contributed by atoms with Crippen molar-refractivity contribution < 1.29 is 22.6 Å². The summed E-state index contributed by atoms with van der Waals surface area (Å²) in [5.74, 6) is 1.92. The van der Waals surface area contributed by atoms with Gasteiger partial charge in [0.15, 0.2) is 16.6 Å². The van der Waals surface area contributed by atoms with Crippen LogP contribution in [0.15, 0.2) is 36.7 Å². The van der Waals surface area contributed by atoms with Crippen molar-refractivity contribution >= 4 is 51.3 Å². The topological polar surface area (TPSA) is 62.8 Å². The first-order valence-corrected chi connectivity index (χ1v) is 11.0. The van der Waals surface area contributed by atoms with Gasteiger partial charge < -0.3 is 24.6 Å². The number of anilines is 2. The Morgan fingerprint density at radius 3 is 2.35 bits per heavy atom. The number of benzene rings is 2. The van der Waals surface area contributed by atoms with Crippen molar-refractivity contribution in [1.29, 1.82) is 0 Å². The second kappa shape index (κ2) is 9.67. The number of ether oxygens (including phenoxy) is 2. The Hall–Kier alpha value is -3.05. The third-order valence-electron chi connectivity index (χ3n) is 5.51. The summed E-state index contributed by atoms with van der Waals surface area (Å²) in [7, 11) is 3.13. The summed E-state index contributed by atoms with van der Waals surface area (Å²) in [6, 6.07) is 7.28. The molecular weight excluding hydrogens is 491 g/mol. The Kier molecular flexibility index (Phi) is 6.85. The van der Waals surface area contributed by atoms with Gasteiger partial charge in [-0.2, -0.15) is 13.2 Å². The van der Waals surface area contributed by atoms with E-state index in [0.29, 0.717) is 42.8 Å². The quantitative estimate of drug-likeness (QED) is 0.499. The number of fused-ring (bicyclic) bond motifs is 1. The highest BCUT2D eigenvalue weighted by molar-refractivity contribution is 7.80. The number of rotatable bonds is 4. The first kappa shape index (κ1) is 24.1. The van der Waals surface area contributed by atoms with E-state index in [1.165, 1.54) is 18.5 Å². The number of nitrogens with zero attached hydrogens (tertiary/aromatic N) is 4. The molecule has 0 radical (unpaired) electrons. The summed E-state index contributed by atoms with van der Waals surface area (Å²) in [5, 5.41) is 3.70. The standard InChI is InChI=1S/C22H21ClF3N5O2S/c1-32-18-10-14-17(11-19(18)33-2)27-12-28-20(14)30-5-7-31(8-6-30)21(34)29-13-3-4-16(23)15(9-13)22(24,25)26/h3-4,9-12H,5-8H2,1-2H3,(H,29,34). The van der Waals surface area contributed by atoms with Crippen LogP contribution in [0, 0.1) is 0 Å². The van der Waals surface area contributed by atoms with Gasteiger partial charge in [0.05, 0.1) is 30.3 Å². The molecule has 4 rings (SSSR count). The fraction of sp³-hybridized carbons (Fsp3) is 0.318. The predicted molar refractivity (Wildman–Crippen MR) is 129 cm³/mol. The first-order chi connectivity index (χ1) is 16.2. The number of hydrogen-bond donors (Lipinski definition) is 1. The summed E-state index contributed by atoms with van der Waals surface area (Å²) in [6.07, 6.45) is -3.05. The van der Waals surface area contributed by atoms with E-state index in [9.17, 15) is 13.2 Å². The number of alkyl halides is 3. The fourth-order valence-corrected chi connectivity index (χ4v) is 4.29. The zero-order valence-electron chi connectivity index (χ0n) is 18.3. The average molecular weight is 512 g/mol. The van der Waals surface area contributed by atoms with E-state index in [1.807, 2.05) is 11.0 Å². The third-order valence-corrected chi connectivity index (χ3v) is 6.20. The van der Waals surface area contributed by atoms with E-state index in [-0.39, 0.29) is 10.7 Å². The molecule has 180 valence electrons. The van der Waals surface area contributed by atoms with Crippen molar-refractivity contribution in [3.05, 3.63) is 47.2 Å². The summed E-state index contributed by atoms with van der Waals surface area (Å²) in [6.45, 7) is 2.34. The molecule has 34 heavy (non-hydrogen) atoms. The summed E-state index contributed by atoms with van der Waals surface area (Å²) >= 11 is 11.1. The lowest BCUT2D eigenvalue weighted by atomic mass is 10.2. The molecule has 2 heterocycles. The van der Waals surface area contributed by atoms with Crippen molar-refractivity contribution in [3.8, 4) is 11.5 Å².